The molecule has 0 fully saturated rings. The molecule has 2 aliphatic rings. The van der Waals surface area contributed by atoms with Gasteiger partial charge in [0, 0.05) is 24.9 Å². The number of nitrogens with two attached hydrogens (primary N) is 1. The van der Waals surface area contributed by atoms with Crippen molar-refractivity contribution in [3.63, 3.8) is 0 Å². The summed E-state index contributed by atoms with van der Waals surface area (Å²) in [5, 5.41) is 8.91. The van der Waals surface area contributed by atoms with E-state index in [0.717, 1.165) is 31.0 Å². The standard InChI is InChI=1S/C16H20N4/c17-12-8-9-15-18-19-16(20(15)10-12)14-7-3-5-11-4-1-2-6-13(11)14/h1-2,4,6,12,14H,3,5,7-10,17H2. The molecule has 4 nitrogen and oxygen atoms in total. The largest absolute Gasteiger partial charge is 0.326 e. The van der Waals surface area contributed by atoms with Gasteiger partial charge in [-0.25, -0.2) is 0 Å². The van der Waals surface area contributed by atoms with E-state index >= 15 is 0 Å². The van der Waals surface area contributed by atoms with Crippen LogP contribution in [0.1, 0.15) is 48.0 Å². The van der Waals surface area contributed by atoms with E-state index in [-0.39, 0.29) is 6.04 Å². The number of rotatable bonds is 1. The maximum atomic E-state index is 6.13. The van der Waals surface area contributed by atoms with Gasteiger partial charge < -0.3 is 10.3 Å². The van der Waals surface area contributed by atoms with Crippen molar-refractivity contribution in [2.75, 3.05) is 0 Å². The molecule has 1 aromatic carbocycles. The Morgan fingerprint density at radius 3 is 2.95 bits per heavy atom. The van der Waals surface area contributed by atoms with Crippen LogP contribution in [0.2, 0.25) is 0 Å². The van der Waals surface area contributed by atoms with Gasteiger partial charge in [-0.15, -0.1) is 10.2 Å². The first-order valence-corrected chi connectivity index (χ1v) is 7.58. The molecule has 0 radical (unpaired) electrons. The molecular formula is C16H20N4. The van der Waals surface area contributed by atoms with E-state index in [1.165, 1.54) is 30.4 Å². The quantitative estimate of drug-likeness (QED) is 0.861. The Balaban J connectivity index is 1.78. The molecule has 2 unspecified atom stereocenters. The highest BCUT2D eigenvalue weighted by atomic mass is 15.3. The first-order chi connectivity index (χ1) is 9.83. The summed E-state index contributed by atoms with van der Waals surface area (Å²) in [6.07, 6.45) is 5.58. The molecule has 4 heteroatoms. The zero-order chi connectivity index (χ0) is 13.5. The molecular weight excluding hydrogens is 248 g/mol. The third-order valence-electron chi connectivity index (χ3n) is 4.69. The summed E-state index contributed by atoms with van der Waals surface area (Å²) in [4.78, 5) is 0. The van der Waals surface area contributed by atoms with Crippen molar-refractivity contribution in [3.05, 3.63) is 47.0 Å². The Labute approximate surface area is 119 Å². The van der Waals surface area contributed by atoms with Gasteiger partial charge in [0.2, 0.25) is 0 Å². The molecule has 104 valence electrons. The predicted molar refractivity (Wildman–Crippen MR) is 77.5 cm³/mol. The lowest BCUT2D eigenvalue weighted by molar-refractivity contribution is 0.432. The van der Waals surface area contributed by atoms with E-state index in [9.17, 15) is 0 Å². The molecule has 2 atom stereocenters. The van der Waals surface area contributed by atoms with Crippen LogP contribution in [0.4, 0.5) is 0 Å². The summed E-state index contributed by atoms with van der Waals surface area (Å²) in [7, 11) is 0. The molecule has 1 aromatic heterocycles. The van der Waals surface area contributed by atoms with E-state index in [4.69, 9.17) is 5.73 Å². The maximum absolute atomic E-state index is 6.13. The number of benzene rings is 1. The van der Waals surface area contributed by atoms with Gasteiger partial charge in [-0.3, -0.25) is 0 Å². The van der Waals surface area contributed by atoms with Crippen molar-refractivity contribution in [1.29, 1.82) is 0 Å². The summed E-state index contributed by atoms with van der Waals surface area (Å²) in [5.41, 5.74) is 9.04. The van der Waals surface area contributed by atoms with Crippen LogP contribution in [0.15, 0.2) is 24.3 Å². The van der Waals surface area contributed by atoms with Crippen LogP contribution in [0.25, 0.3) is 0 Å². The van der Waals surface area contributed by atoms with Gasteiger partial charge in [0.15, 0.2) is 0 Å². The van der Waals surface area contributed by atoms with Gasteiger partial charge in [0.05, 0.1) is 0 Å². The third kappa shape index (κ3) is 1.86. The lowest BCUT2D eigenvalue weighted by Gasteiger charge is -2.27. The maximum Gasteiger partial charge on any atom is 0.140 e. The summed E-state index contributed by atoms with van der Waals surface area (Å²) < 4.78 is 2.28. The second kappa shape index (κ2) is 4.70. The van der Waals surface area contributed by atoms with Gasteiger partial charge in [0.1, 0.15) is 11.6 Å². The lowest BCUT2D eigenvalue weighted by atomic mass is 9.82. The molecule has 0 saturated carbocycles. The minimum atomic E-state index is 0.246. The monoisotopic (exact) mass is 268 g/mol. The van der Waals surface area contributed by atoms with Crippen molar-refractivity contribution < 1.29 is 0 Å². The van der Waals surface area contributed by atoms with Gasteiger partial charge in [-0.05, 0) is 36.8 Å². The number of aryl methyl sites for hydroxylation is 2. The van der Waals surface area contributed by atoms with Gasteiger partial charge in [-0.2, -0.15) is 0 Å². The van der Waals surface area contributed by atoms with Crippen LogP contribution in [0.3, 0.4) is 0 Å². The minimum absolute atomic E-state index is 0.246. The molecule has 1 aliphatic carbocycles. The van der Waals surface area contributed by atoms with Crippen molar-refractivity contribution in [2.24, 2.45) is 5.73 Å². The molecule has 2 aromatic rings. The first-order valence-electron chi connectivity index (χ1n) is 7.58. The molecule has 2 heterocycles. The fourth-order valence-electron chi connectivity index (χ4n) is 3.65. The number of hydrogen-bond acceptors (Lipinski definition) is 3. The van der Waals surface area contributed by atoms with E-state index in [1.54, 1.807) is 0 Å². The summed E-state index contributed by atoms with van der Waals surface area (Å²) in [5.74, 6) is 2.64. The number of nitrogens with zero attached hydrogens (tertiary/aromatic N) is 3. The fraction of sp³-hybridized carbons (Fsp3) is 0.500. The first kappa shape index (κ1) is 12.1. The molecule has 0 saturated heterocycles. The van der Waals surface area contributed by atoms with Crippen molar-refractivity contribution in [2.45, 2.75) is 50.6 Å². The van der Waals surface area contributed by atoms with E-state index in [2.05, 4.69) is 39.0 Å². The Morgan fingerprint density at radius 1 is 1.10 bits per heavy atom. The Morgan fingerprint density at radius 2 is 2.00 bits per heavy atom. The zero-order valence-corrected chi connectivity index (χ0v) is 11.6. The van der Waals surface area contributed by atoms with Gasteiger partial charge in [0.25, 0.3) is 0 Å². The highest BCUT2D eigenvalue weighted by Crippen LogP contribution is 2.36. The van der Waals surface area contributed by atoms with Gasteiger partial charge in [-0.1, -0.05) is 24.3 Å². The van der Waals surface area contributed by atoms with Crippen molar-refractivity contribution >= 4 is 0 Å². The van der Waals surface area contributed by atoms with Crippen molar-refractivity contribution in [1.82, 2.24) is 14.8 Å². The molecule has 0 bridgehead atoms. The highest BCUT2D eigenvalue weighted by molar-refractivity contribution is 5.36. The van der Waals surface area contributed by atoms with Crippen LogP contribution in [-0.4, -0.2) is 20.8 Å². The molecule has 2 N–H and O–H groups in total. The Hall–Kier alpha value is -1.68. The normalized spacial score (nSPS) is 25.1. The topological polar surface area (TPSA) is 56.7 Å². The van der Waals surface area contributed by atoms with E-state index in [0.29, 0.717) is 5.92 Å². The lowest BCUT2D eigenvalue weighted by Crippen LogP contribution is -2.33. The Kier molecular flexibility index (Phi) is 2.84. The minimum Gasteiger partial charge on any atom is -0.326 e. The molecule has 0 spiro atoms. The summed E-state index contributed by atoms with van der Waals surface area (Å²) in [6.45, 7) is 0.871. The van der Waals surface area contributed by atoms with Crippen molar-refractivity contribution in [3.8, 4) is 0 Å². The average Bonchev–Trinajstić information content (AvgIpc) is 2.89. The smallest absolute Gasteiger partial charge is 0.140 e. The number of aromatic nitrogens is 3. The van der Waals surface area contributed by atoms with Crippen LogP contribution in [0.5, 0.6) is 0 Å². The molecule has 0 amide bonds. The second-order valence-corrected chi connectivity index (χ2v) is 6.03. The van der Waals surface area contributed by atoms with E-state index in [1.807, 2.05) is 0 Å². The van der Waals surface area contributed by atoms with Gasteiger partial charge >= 0.3 is 0 Å². The summed E-state index contributed by atoms with van der Waals surface area (Å²) in [6, 6.07) is 9.02. The van der Waals surface area contributed by atoms with Crippen LogP contribution < -0.4 is 5.73 Å². The predicted octanol–water partition coefficient (Wildman–Crippen LogP) is 2.02. The highest BCUT2D eigenvalue weighted by Gasteiger charge is 2.29. The van der Waals surface area contributed by atoms with Crippen LogP contribution >= 0.6 is 0 Å². The molecule has 4 rings (SSSR count). The Bertz CT molecular complexity index is 631. The van der Waals surface area contributed by atoms with Crippen LogP contribution in [-0.2, 0) is 19.4 Å². The number of hydrogen-bond donors (Lipinski definition) is 1. The SMILES string of the molecule is NC1CCc2nnc(C3CCCc4ccccc43)n2C1. The third-order valence-corrected chi connectivity index (χ3v) is 4.69. The van der Waals surface area contributed by atoms with E-state index < -0.39 is 0 Å². The fourth-order valence-corrected chi connectivity index (χ4v) is 3.65. The number of fused-ring (bicyclic) bond motifs is 2. The second-order valence-electron chi connectivity index (χ2n) is 6.03. The molecule has 1 aliphatic heterocycles. The van der Waals surface area contributed by atoms with Crippen LogP contribution in [0, 0.1) is 0 Å². The zero-order valence-electron chi connectivity index (χ0n) is 11.6. The summed E-state index contributed by atoms with van der Waals surface area (Å²) >= 11 is 0. The molecule has 20 heavy (non-hydrogen) atoms. The average molecular weight is 268 g/mol.